The molecular formula is C9H10N2. The highest BCUT2D eigenvalue weighted by Gasteiger charge is 2.11. The van der Waals surface area contributed by atoms with Gasteiger partial charge in [-0.05, 0) is 24.1 Å². The Morgan fingerprint density at radius 1 is 1.27 bits per heavy atom. The summed E-state index contributed by atoms with van der Waals surface area (Å²) in [4.78, 5) is 8.17. The van der Waals surface area contributed by atoms with Gasteiger partial charge >= 0.3 is 0 Å². The summed E-state index contributed by atoms with van der Waals surface area (Å²) in [5.74, 6) is 0.540. The van der Waals surface area contributed by atoms with Gasteiger partial charge in [0.1, 0.15) is 0 Å². The molecular weight excluding hydrogens is 136 g/mol. The Balaban J connectivity index is 2.23. The minimum Gasteiger partial charge on any atom is -0.297 e. The highest BCUT2D eigenvalue weighted by atomic mass is 14.7. The number of rotatable bonds is 1. The first-order valence-electron chi connectivity index (χ1n) is 3.87. The second-order valence-corrected chi connectivity index (χ2v) is 2.73. The quantitative estimate of drug-likeness (QED) is 0.591. The molecule has 1 unspecified atom stereocenters. The minimum absolute atomic E-state index is 0.540. The van der Waals surface area contributed by atoms with Crippen LogP contribution >= 0.6 is 0 Å². The molecule has 0 bridgehead atoms. The number of pyridine rings is 1. The summed E-state index contributed by atoms with van der Waals surface area (Å²) in [6.45, 7) is 0.979. The fourth-order valence-electron chi connectivity index (χ4n) is 1.35. The van der Waals surface area contributed by atoms with Gasteiger partial charge in [0.15, 0.2) is 0 Å². The van der Waals surface area contributed by atoms with E-state index in [0.717, 1.165) is 13.0 Å². The van der Waals surface area contributed by atoms with Gasteiger partial charge in [-0.25, -0.2) is 0 Å². The number of hydrogen-bond donors (Lipinski definition) is 0. The van der Waals surface area contributed by atoms with Gasteiger partial charge in [0.25, 0.3) is 0 Å². The Morgan fingerprint density at radius 3 is 2.73 bits per heavy atom. The van der Waals surface area contributed by atoms with Crippen LogP contribution in [-0.2, 0) is 0 Å². The zero-order valence-corrected chi connectivity index (χ0v) is 6.27. The van der Waals surface area contributed by atoms with Gasteiger partial charge in [-0.15, -0.1) is 0 Å². The van der Waals surface area contributed by atoms with Crippen molar-refractivity contribution in [3.8, 4) is 0 Å². The van der Waals surface area contributed by atoms with Crippen molar-refractivity contribution >= 4 is 6.21 Å². The zero-order valence-electron chi connectivity index (χ0n) is 6.27. The van der Waals surface area contributed by atoms with Gasteiger partial charge < -0.3 is 0 Å². The average Bonchev–Trinajstić information content (AvgIpc) is 2.58. The Bertz CT molecular complexity index is 254. The first-order valence-corrected chi connectivity index (χ1v) is 3.87. The first kappa shape index (κ1) is 6.53. The fourth-order valence-corrected chi connectivity index (χ4v) is 1.35. The molecule has 1 aromatic rings. The molecule has 1 aliphatic rings. The van der Waals surface area contributed by atoms with Gasteiger partial charge in [-0.1, -0.05) is 0 Å². The van der Waals surface area contributed by atoms with Crippen molar-refractivity contribution in [3.63, 3.8) is 0 Å². The summed E-state index contributed by atoms with van der Waals surface area (Å²) in [5.41, 5.74) is 1.33. The van der Waals surface area contributed by atoms with E-state index in [1.807, 2.05) is 18.6 Å². The Hall–Kier alpha value is -1.18. The standard InChI is InChI=1S/C9H10N2/c1-4-10-5-2-8(1)9-3-6-11-7-9/h1-2,4-5,7,9H,3,6H2. The van der Waals surface area contributed by atoms with Gasteiger partial charge in [0.2, 0.25) is 0 Å². The van der Waals surface area contributed by atoms with E-state index in [2.05, 4.69) is 22.1 Å². The van der Waals surface area contributed by atoms with Crippen LogP contribution in [-0.4, -0.2) is 17.7 Å². The van der Waals surface area contributed by atoms with Crippen LogP contribution in [0.4, 0.5) is 0 Å². The van der Waals surface area contributed by atoms with Gasteiger partial charge in [-0.2, -0.15) is 0 Å². The molecule has 0 saturated carbocycles. The maximum absolute atomic E-state index is 4.20. The van der Waals surface area contributed by atoms with E-state index in [0.29, 0.717) is 5.92 Å². The summed E-state index contributed by atoms with van der Waals surface area (Å²) >= 11 is 0. The lowest BCUT2D eigenvalue weighted by molar-refractivity contribution is 0.845. The molecule has 0 saturated heterocycles. The topological polar surface area (TPSA) is 25.2 Å². The van der Waals surface area contributed by atoms with Crippen LogP contribution in [0.3, 0.4) is 0 Å². The lowest BCUT2D eigenvalue weighted by Gasteiger charge is -2.03. The van der Waals surface area contributed by atoms with Crippen LogP contribution in [0.1, 0.15) is 17.9 Å². The van der Waals surface area contributed by atoms with E-state index < -0.39 is 0 Å². The Morgan fingerprint density at radius 2 is 2.09 bits per heavy atom. The Labute approximate surface area is 66.0 Å². The molecule has 0 N–H and O–H groups in total. The van der Waals surface area contributed by atoms with Crippen molar-refractivity contribution in [2.75, 3.05) is 6.54 Å². The van der Waals surface area contributed by atoms with Crippen LogP contribution in [0.15, 0.2) is 29.5 Å². The van der Waals surface area contributed by atoms with E-state index >= 15 is 0 Å². The summed E-state index contributed by atoms with van der Waals surface area (Å²) in [6.07, 6.45) is 6.86. The van der Waals surface area contributed by atoms with Crippen LogP contribution in [0.2, 0.25) is 0 Å². The molecule has 0 amide bonds. The van der Waals surface area contributed by atoms with Crippen molar-refractivity contribution in [3.05, 3.63) is 30.1 Å². The normalized spacial score (nSPS) is 22.4. The third-order valence-electron chi connectivity index (χ3n) is 1.99. The van der Waals surface area contributed by atoms with E-state index in [-0.39, 0.29) is 0 Å². The molecule has 0 spiro atoms. The summed E-state index contributed by atoms with van der Waals surface area (Å²) in [5, 5.41) is 0. The van der Waals surface area contributed by atoms with Crippen LogP contribution in [0.5, 0.6) is 0 Å². The molecule has 2 rings (SSSR count). The molecule has 0 aliphatic carbocycles. The van der Waals surface area contributed by atoms with E-state index in [9.17, 15) is 0 Å². The van der Waals surface area contributed by atoms with E-state index in [1.54, 1.807) is 0 Å². The van der Waals surface area contributed by atoms with E-state index in [1.165, 1.54) is 5.56 Å². The smallest absolute Gasteiger partial charge is 0.0395 e. The number of aromatic nitrogens is 1. The van der Waals surface area contributed by atoms with Gasteiger partial charge in [-0.3, -0.25) is 9.98 Å². The molecule has 1 aromatic heterocycles. The van der Waals surface area contributed by atoms with Crippen LogP contribution in [0, 0.1) is 0 Å². The van der Waals surface area contributed by atoms with E-state index in [4.69, 9.17) is 0 Å². The molecule has 0 fully saturated rings. The first-order chi connectivity index (χ1) is 5.47. The summed E-state index contributed by atoms with van der Waals surface area (Å²) < 4.78 is 0. The number of hydrogen-bond acceptors (Lipinski definition) is 2. The predicted molar refractivity (Wildman–Crippen MR) is 45.0 cm³/mol. The third-order valence-corrected chi connectivity index (χ3v) is 1.99. The molecule has 0 aromatic carbocycles. The molecule has 1 atom stereocenters. The summed E-state index contributed by atoms with van der Waals surface area (Å²) in [6, 6.07) is 4.12. The van der Waals surface area contributed by atoms with Gasteiger partial charge in [0.05, 0.1) is 0 Å². The van der Waals surface area contributed by atoms with Gasteiger partial charge in [0, 0.05) is 31.1 Å². The van der Waals surface area contributed by atoms with Crippen molar-refractivity contribution in [2.24, 2.45) is 4.99 Å². The summed E-state index contributed by atoms with van der Waals surface area (Å²) in [7, 11) is 0. The fraction of sp³-hybridized carbons (Fsp3) is 0.333. The maximum atomic E-state index is 4.20. The van der Waals surface area contributed by atoms with Crippen LogP contribution in [0.25, 0.3) is 0 Å². The molecule has 2 heterocycles. The minimum atomic E-state index is 0.540. The van der Waals surface area contributed by atoms with Crippen LogP contribution < -0.4 is 0 Å². The highest BCUT2D eigenvalue weighted by Crippen LogP contribution is 2.20. The monoisotopic (exact) mass is 146 g/mol. The zero-order chi connectivity index (χ0) is 7.52. The molecule has 56 valence electrons. The molecule has 2 nitrogen and oxygen atoms in total. The third kappa shape index (κ3) is 1.29. The number of aliphatic imine (C=N–C) groups is 1. The lowest BCUT2D eigenvalue weighted by atomic mass is 10.0. The second kappa shape index (κ2) is 2.82. The maximum Gasteiger partial charge on any atom is 0.0395 e. The molecule has 1 aliphatic heterocycles. The lowest BCUT2D eigenvalue weighted by Crippen LogP contribution is -1.95. The largest absolute Gasteiger partial charge is 0.297 e. The highest BCUT2D eigenvalue weighted by molar-refractivity contribution is 5.69. The second-order valence-electron chi connectivity index (χ2n) is 2.73. The SMILES string of the molecule is C1=NCCC1c1ccncc1. The molecule has 2 heteroatoms. The number of nitrogens with zero attached hydrogens (tertiary/aromatic N) is 2. The van der Waals surface area contributed by atoms with Crippen molar-refractivity contribution in [1.29, 1.82) is 0 Å². The van der Waals surface area contributed by atoms with Crippen molar-refractivity contribution in [2.45, 2.75) is 12.3 Å². The molecule has 11 heavy (non-hydrogen) atoms. The van der Waals surface area contributed by atoms with Crippen molar-refractivity contribution < 1.29 is 0 Å². The Kier molecular flexibility index (Phi) is 1.68. The van der Waals surface area contributed by atoms with Crippen molar-refractivity contribution in [1.82, 2.24) is 4.98 Å². The molecule has 0 radical (unpaired) electrons. The average molecular weight is 146 g/mol. The predicted octanol–water partition coefficient (Wildman–Crippen LogP) is 1.64.